The summed E-state index contributed by atoms with van der Waals surface area (Å²) in [5, 5.41) is 2.98. The SMILES string of the molecule is CC(CCl)(CCl)NC(=O)C1C2CCCC21. The van der Waals surface area contributed by atoms with E-state index in [4.69, 9.17) is 23.2 Å². The van der Waals surface area contributed by atoms with E-state index in [9.17, 15) is 4.79 Å². The van der Waals surface area contributed by atoms with Crippen LogP contribution in [-0.2, 0) is 4.79 Å². The van der Waals surface area contributed by atoms with Gasteiger partial charge in [0, 0.05) is 17.7 Å². The zero-order chi connectivity index (χ0) is 11.1. The molecule has 0 heterocycles. The summed E-state index contributed by atoms with van der Waals surface area (Å²) in [5.41, 5.74) is -0.447. The van der Waals surface area contributed by atoms with E-state index in [1.54, 1.807) is 0 Å². The molecule has 2 aliphatic carbocycles. The minimum Gasteiger partial charge on any atom is -0.348 e. The van der Waals surface area contributed by atoms with Gasteiger partial charge in [0.1, 0.15) is 0 Å². The van der Waals surface area contributed by atoms with E-state index < -0.39 is 5.54 Å². The number of carbonyl (C=O) groups is 1. The van der Waals surface area contributed by atoms with E-state index in [1.807, 2.05) is 6.92 Å². The van der Waals surface area contributed by atoms with Gasteiger partial charge in [-0.15, -0.1) is 23.2 Å². The molecule has 2 rings (SSSR count). The zero-order valence-corrected chi connectivity index (χ0v) is 10.4. The lowest BCUT2D eigenvalue weighted by Crippen LogP contribution is -2.50. The molecule has 86 valence electrons. The van der Waals surface area contributed by atoms with Crippen molar-refractivity contribution in [1.29, 1.82) is 0 Å². The maximum Gasteiger partial charge on any atom is 0.224 e. The summed E-state index contributed by atoms with van der Waals surface area (Å²) in [6, 6.07) is 0. The lowest BCUT2D eigenvalue weighted by atomic mass is 10.1. The van der Waals surface area contributed by atoms with Crippen molar-refractivity contribution in [3.05, 3.63) is 0 Å². The van der Waals surface area contributed by atoms with Gasteiger partial charge >= 0.3 is 0 Å². The first-order chi connectivity index (χ1) is 7.11. The summed E-state index contributed by atoms with van der Waals surface area (Å²) in [6.45, 7) is 1.89. The quantitative estimate of drug-likeness (QED) is 0.762. The van der Waals surface area contributed by atoms with Crippen LogP contribution in [0.1, 0.15) is 26.2 Å². The molecule has 0 bridgehead atoms. The molecule has 0 spiro atoms. The van der Waals surface area contributed by atoms with Gasteiger partial charge < -0.3 is 5.32 Å². The van der Waals surface area contributed by atoms with Crippen molar-refractivity contribution in [1.82, 2.24) is 5.32 Å². The van der Waals surface area contributed by atoms with E-state index in [0.717, 1.165) is 0 Å². The zero-order valence-electron chi connectivity index (χ0n) is 8.93. The second-order valence-corrected chi connectivity index (χ2v) is 5.64. The van der Waals surface area contributed by atoms with Gasteiger partial charge in [-0.3, -0.25) is 4.79 Å². The topological polar surface area (TPSA) is 29.1 Å². The summed E-state index contributed by atoms with van der Waals surface area (Å²) in [4.78, 5) is 11.9. The monoisotopic (exact) mass is 249 g/mol. The highest BCUT2D eigenvalue weighted by Crippen LogP contribution is 2.57. The maximum atomic E-state index is 11.9. The molecule has 15 heavy (non-hydrogen) atoms. The van der Waals surface area contributed by atoms with Crippen LogP contribution in [0.2, 0.25) is 0 Å². The van der Waals surface area contributed by atoms with Gasteiger partial charge in [-0.05, 0) is 31.6 Å². The first-order valence-electron chi connectivity index (χ1n) is 5.55. The molecule has 0 radical (unpaired) electrons. The first-order valence-corrected chi connectivity index (χ1v) is 6.62. The van der Waals surface area contributed by atoms with Crippen LogP contribution >= 0.6 is 23.2 Å². The van der Waals surface area contributed by atoms with E-state index in [2.05, 4.69) is 5.32 Å². The van der Waals surface area contributed by atoms with E-state index in [-0.39, 0.29) is 11.8 Å². The fourth-order valence-electron chi connectivity index (χ4n) is 2.69. The molecule has 0 aromatic heterocycles. The van der Waals surface area contributed by atoms with Gasteiger partial charge in [0.2, 0.25) is 5.91 Å². The van der Waals surface area contributed by atoms with Crippen LogP contribution in [0.4, 0.5) is 0 Å². The molecule has 2 nitrogen and oxygen atoms in total. The summed E-state index contributed by atoms with van der Waals surface area (Å²) < 4.78 is 0. The molecule has 1 N–H and O–H groups in total. The normalized spacial score (nSPS) is 33.7. The van der Waals surface area contributed by atoms with Gasteiger partial charge in [0.05, 0.1) is 5.54 Å². The van der Waals surface area contributed by atoms with Crippen LogP contribution in [-0.4, -0.2) is 23.2 Å². The minimum atomic E-state index is -0.447. The van der Waals surface area contributed by atoms with Gasteiger partial charge in [0.15, 0.2) is 0 Å². The molecule has 4 heteroatoms. The lowest BCUT2D eigenvalue weighted by Gasteiger charge is -2.26. The maximum absolute atomic E-state index is 11.9. The summed E-state index contributed by atoms with van der Waals surface area (Å²) in [7, 11) is 0. The second kappa shape index (κ2) is 4.14. The van der Waals surface area contributed by atoms with Crippen LogP contribution < -0.4 is 5.32 Å². The molecule has 2 saturated carbocycles. The minimum absolute atomic E-state index is 0.161. The fraction of sp³-hybridized carbons (Fsp3) is 0.909. The summed E-state index contributed by atoms with van der Waals surface area (Å²) >= 11 is 11.6. The number of amides is 1. The smallest absolute Gasteiger partial charge is 0.224 e. The fourth-order valence-corrected chi connectivity index (χ4v) is 3.11. The predicted molar refractivity (Wildman–Crippen MR) is 62.3 cm³/mol. The molecule has 1 amide bonds. The molecule has 0 aromatic rings. The summed E-state index contributed by atoms with van der Waals surface area (Å²) in [6.07, 6.45) is 3.74. The van der Waals surface area contributed by atoms with Gasteiger partial charge in [-0.1, -0.05) is 6.42 Å². The Bertz CT molecular complexity index is 255. The molecule has 0 saturated heterocycles. The van der Waals surface area contributed by atoms with Crippen LogP contribution in [0.5, 0.6) is 0 Å². The third-order valence-electron chi connectivity index (χ3n) is 3.72. The average Bonchev–Trinajstić information content (AvgIpc) is 2.73. The van der Waals surface area contributed by atoms with Crippen molar-refractivity contribution in [2.45, 2.75) is 31.7 Å². The largest absolute Gasteiger partial charge is 0.348 e. The van der Waals surface area contributed by atoms with Crippen molar-refractivity contribution < 1.29 is 4.79 Å². The average molecular weight is 250 g/mol. The molecule has 0 aromatic carbocycles. The number of rotatable bonds is 4. The van der Waals surface area contributed by atoms with Crippen LogP contribution in [0.25, 0.3) is 0 Å². The lowest BCUT2D eigenvalue weighted by molar-refractivity contribution is -0.124. The molecular formula is C11H17Cl2NO. The highest BCUT2D eigenvalue weighted by atomic mass is 35.5. The number of carbonyl (C=O) groups excluding carboxylic acids is 1. The standard InChI is InChI=1S/C11H17Cl2NO/c1-11(5-12,6-13)14-10(15)9-7-3-2-4-8(7)9/h7-9H,2-6H2,1H3,(H,14,15). The Labute approximate surface area is 101 Å². The number of hydrogen-bond acceptors (Lipinski definition) is 1. The van der Waals surface area contributed by atoms with Crippen LogP contribution in [0, 0.1) is 17.8 Å². The van der Waals surface area contributed by atoms with Crippen LogP contribution in [0.15, 0.2) is 0 Å². The first kappa shape index (κ1) is 11.5. The molecule has 2 unspecified atom stereocenters. The van der Waals surface area contributed by atoms with Crippen molar-refractivity contribution in [3.63, 3.8) is 0 Å². The number of hydrogen-bond donors (Lipinski definition) is 1. The predicted octanol–water partition coefficient (Wildman–Crippen LogP) is 2.39. The molecule has 2 aliphatic rings. The van der Waals surface area contributed by atoms with Crippen LogP contribution in [0.3, 0.4) is 0 Å². The molecule has 2 fully saturated rings. The van der Waals surface area contributed by atoms with Gasteiger partial charge in [-0.25, -0.2) is 0 Å². The summed E-state index contributed by atoms with van der Waals surface area (Å²) in [5.74, 6) is 2.45. The van der Waals surface area contributed by atoms with Gasteiger partial charge in [-0.2, -0.15) is 0 Å². The third-order valence-corrected chi connectivity index (χ3v) is 4.90. The Hall–Kier alpha value is 0.0500. The Kier molecular flexibility index (Phi) is 3.18. The van der Waals surface area contributed by atoms with E-state index in [1.165, 1.54) is 19.3 Å². The Balaban J connectivity index is 1.88. The highest BCUT2D eigenvalue weighted by Gasteiger charge is 2.56. The van der Waals surface area contributed by atoms with E-state index in [0.29, 0.717) is 23.6 Å². The Morgan fingerprint density at radius 1 is 1.33 bits per heavy atom. The number of alkyl halides is 2. The number of fused-ring (bicyclic) bond motifs is 1. The van der Waals surface area contributed by atoms with Crippen molar-refractivity contribution in [3.8, 4) is 0 Å². The number of nitrogens with one attached hydrogen (secondary N) is 1. The van der Waals surface area contributed by atoms with E-state index >= 15 is 0 Å². The van der Waals surface area contributed by atoms with Crippen molar-refractivity contribution in [2.24, 2.45) is 17.8 Å². The highest BCUT2D eigenvalue weighted by molar-refractivity contribution is 6.22. The Morgan fingerprint density at radius 3 is 2.33 bits per heavy atom. The molecular weight excluding hydrogens is 233 g/mol. The molecule has 0 aliphatic heterocycles. The van der Waals surface area contributed by atoms with Crippen molar-refractivity contribution >= 4 is 29.1 Å². The van der Waals surface area contributed by atoms with Crippen molar-refractivity contribution in [2.75, 3.05) is 11.8 Å². The van der Waals surface area contributed by atoms with Gasteiger partial charge in [0.25, 0.3) is 0 Å². The molecule has 2 atom stereocenters. The second-order valence-electron chi connectivity index (χ2n) is 5.10. The Morgan fingerprint density at radius 2 is 1.87 bits per heavy atom. The number of halogens is 2. The third kappa shape index (κ3) is 2.12.